The molecule has 1 aromatic rings. The Kier molecular flexibility index (Phi) is 7.78. The third kappa shape index (κ3) is 6.23. The van der Waals surface area contributed by atoms with Gasteiger partial charge in [-0.25, -0.2) is 13.1 Å². The van der Waals surface area contributed by atoms with Crippen LogP contribution in [0, 0.1) is 0 Å². The van der Waals surface area contributed by atoms with E-state index in [1.54, 1.807) is 0 Å². The highest BCUT2D eigenvalue weighted by atomic mass is 32.2. The van der Waals surface area contributed by atoms with E-state index in [0.29, 0.717) is 31.2 Å². The maximum Gasteiger partial charge on any atom is 0.264 e. The molecule has 24 heavy (non-hydrogen) atoms. The van der Waals surface area contributed by atoms with Gasteiger partial charge in [0.15, 0.2) is 5.78 Å². The fourth-order valence-corrected chi connectivity index (χ4v) is 3.12. The van der Waals surface area contributed by atoms with Crippen molar-refractivity contribution in [2.24, 2.45) is 0 Å². The molecule has 132 valence electrons. The topological polar surface area (TPSA) is 97.4 Å². The Balaban J connectivity index is 2.69. The first-order valence-corrected chi connectivity index (χ1v) is 9.49. The molecular formula is C17H23NO5S. The van der Waals surface area contributed by atoms with Gasteiger partial charge in [0.2, 0.25) is 5.91 Å². The van der Waals surface area contributed by atoms with Crippen molar-refractivity contribution in [3.05, 3.63) is 29.8 Å². The predicted molar refractivity (Wildman–Crippen MR) is 90.2 cm³/mol. The molecule has 0 bridgehead atoms. The van der Waals surface area contributed by atoms with Crippen molar-refractivity contribution in [3.63, 3.8) is 0 Å². The SMILES string of the molecule is CCCC(=O)CCC(=O)NS(=O)(=O)c1ccc(C(=O)CCC)cc1. The quantitative estimate of drug-likeness (QED) is 0.652. The zero-order valence-electron chi connectivity index (χ0n) is 14.0. The lowest BCUT2D eigenvalue weighted by Crippen LogP contribution is -2.30. The van der Waals surface area contributed by atoms with Crippen molar-refractivity contribution in [1.82, 2.24) is 4.72 Å². The Morgan fingerprint density at radius 2 is 1.46 bits per heavy atom. The molecule has 0 aromatic heterocycles. The summed E-state index contributed by atoms with van der Waals surface area (Å²) in [6.45, 7) is 3.74. The van der Waals surface area contributed by atoms with E-state index in [1.807, 2.05) is 18.6 Å². The van der Waals surface area contributed by atoms with Gasteiger partial charge in [-0.15, -0.1) is 0 Å². The smallest absolute Gasteiger partial charge is 0.264 e. The van der Waals surface area contributed by atoms with Crippen LogP contribution in [0.3, 0.4) is 0 Å². The Labute approximate surface area is 142 Å². The first-order valence-electron chi connectivity index (χ1n) is 8.00. The number of carbonyl (C=O) groups is 3. The fraction of sp³-hybridized carbons (Fsp3) is 0.471. The average molecular weight is 353 g/mol. The van der Waals surface area contributed by atoms with Crippen LogP contribution in [0.15, 0.2) is 29.2 Å². The molecule has 0 atom stereocenters. The van der Waals surface area contributed by atoms with E-state index in [2.05, 4.69) is 0 Å². The summed E-state index contributed by atoms with van der Waals surface area (Å²) in [4.78, 5) is 34.7. The number of Topliss-reactive ketones (excluding diaryl/α,β-unsaturated/α-hetero) is 2. The number of carbonyl (C=O) groups excluding carboxylic acids is 3. The first kappa shape index (κ1) is 20.0. The summed E-state index contributed by atoms with van der Waals surface area (Å²) in [7, 11) is -4.00. The van der Waals surface area contributed by atoms with Crippen LogP contribution < -0.4 is 4.72 Å². The van der Waals surface area contributed by atoms with E-state index in [4.69, 9.17) is 0 Å². The lowest BCUT2D eigenvalue weighted by molar-refractivity contribution is -0.124. The van der Waals surface area contributed by atoms with Crippen LogP contribution in [0.5, 0.6) is 0 Å². The standard InChI is InChI=1S/C17H23NO5S/c1-3-5-14(19)9-12-17(21)18-24(22,23)15-10-7-13(8-11-15)16(20)6-4-2/h7-8,10-11H,3-6,9,12H2,1-2H3,(H,18,21). The molecule has 0 saturated heterocycles. The highest BCUT2D eigenvalue weighted by Crippen LogP contribution is 2.13. The molecular weight excluding hydrogens is 330 g/mol. The minimum Gasteiger partial charge on any atom is -0.300 e. The number of amides is 1. The molecule has 0 saturated carbocycles. The number of sulfonamides is 1. The molecule has 0 heterocycles. The maximum atomic E-state index is 12.1. The van der Waals surface area contributed by atoms with Gasteiger partial charge < -0.3 is 0 Å². The highest BCUT2D eigenvalue weighted by Gasteiger charge is 2.18. The van der Waals surface area contributed by atoms with Crippen LogP contribution in [0.25, 0.3) is 0 Å². The Bertz CT molecular complexity index is 692. The van der Waals surface area contributed by atoms with Crippen molar-refractivity contribution >= 4 is 27.5 Å². The van der Waals surface area contributed by atoms with E-state index >= 15 is 0 Å². The number of hydrogen-bond donors (Lipinski definition) is 1. The van der Waals surface area contributed by atoms with Crippen LogP contribution in [0.2, 0.25) is 0 Å². The van der Waals surface area contributed by atoms with Crippen LogP contribution in [0.1, 0.15) is 62.7 Å². The van der Waals surface area contributed by atoms with E-state index < -0.39 is 15.9 Å². The lowest BCUT2D eigenvalue weighted by Gasteiger charge is -2.07. The summed E-state index contributed by atoms with van der Waals surface area (Å²) in [6, 6.07) is 5.45. The zero-order valence-corrected chi connectivity index (χ0v) is 14.8. The van der Waals surface area contributed by atoms with Gasteiger partial charge in [0, 0.05) is 31.2 Å². The number of ketones is 2. The Morgan fingerprint density at radius 3 is 2.00 bits per heavy atom. The largest absolute Gasteiger partial charge is 0.300 e. The van der Waals surface area contributed by atoms with Gasteiger partial charge in [0.1, 0.15) is 5.78 Å². The maximum absolute atomic E-state index is 12.1. The second kappa shape index (κ2) is 9.32. The monoisotopic (exact) mass is 353 g/mol. The van der Waals surface area contributed by atoms with E-state index in [9.17, 15) is 22.8 Å². The van der Waals surface area contributed by atoms with Gasteiger partial charge in [-0.2, -0.15) is 0 Å². The average Bonchev–Trinajstić information content (AvgIpc) is 2.53. The number of hydrogen-bond acceptors (Lipinski definition) is 5. The molecule has 0 fully saturated rings. The van der Waals surface area contributed by atoms with E-state index in [0.717, 1.165) is 0 Å². The normalized spacial score (nSPS) is 11.1. The molecule has 6 nitrogen and oxygen atoms in total. The summed E-state index contributed by atoms with van der Waals surface area (Å²) < 4.78 is 26.2. The van der Waals surface area contributed by atoms with Crippen LogP contribution in [-0.2, 0) is 19.6 Å². The summed E-state index contributed by atoms with van der Waals surface area (Å²) in [5.74, 6) is -0.839. The van der Waals surface area contributed by atoms with Gasteiger partial charge in [0.05, 0.1) is 4.90 Å². The Morgan fingerprint density at radius 1 is 0.875 bits per heavy atom. The second-order valence-electron chi connectivity index (χ2n) is 5.51. The van der Waals surface area contributed by atoms with E-state index in [1.165, 1.54) is 24.3 Å². The van der Waals surface area contributed by atoms with Crippen molar-refractivity contribution in [2.45, 2.75) is 57.3 Å². The molecule has 1 N–H and O–H groups in total. The number of rotatable bonds is 10. The van der Waals surface area contributed by atoms with Crippen molar-refractivity contribution in [2.75, 3.05) is 0 Å². The highest BCUT2D eigenvalue weighted by molar-refractivity contribution is 7.90. The molecule has 7 heteroatoms. The van der Waals surface area contributed by atoms with Gasteiger partial charge in [-0.1, -0.05) is 26.0 Å². The van der Waals surface area contributed by atoms with Crippen LogP contribution in [0.4, 0.5) is 0 Å². The summed E-state index contributed by atoms with van der Waals surface area (Å²) >= 11 is 0. The molecule has 1 amide bonds. The number of nitrogens with one attached hydrogen (secondary N) is 1. The lowest BCUT2D eigenvalue weighted by atomic mass is 10.1. The molecule has 0 unspecified atom stereocenters. The van der Waals surface area contributed by atoms with Gasteiger partial charge in [-0.3, -0.25) is 14.4 Å². The zero-order chi connectivity index (χ0) is 18.2. The molecule has 0 radical (unpaired) electrons. The predicted octanol–water partition coefficient (Wildman–Crippen LogP) is 2.62. The second-order valence-corrected chi connectivity index (χ2v) is 7.20. The van der Waals surface area contributed by atoms with Crippen molar-refractivity contribution in [1.29, 1.82) is 0 Å². The Hall–Kier alpha value is -2.02. The molecule has 1 rings (SSSR count). The van der Waals surface area contributed by atoms with Gasteiger partial charge in [0.25, 0.3) is 10.0 Å². The molecule has 0 aliphatic carbocycles. The minimum absolute atomic E-state index is 0.0274. The molecule has 0 spiro atoms. The summed E-state index contributed by atoms with van der Waals surface area (Å²) in [5, 5.41) is 0. The van der Waals surface area contributed by atoms with Crippen molar-refractivity contribution in [3.8, 4) is 0 Å². The summed E-state index contributed by atoms with van der Waals surface area (Å²) in [6.07, 6.45) is 2.06. The van der Waals surface area contributed by atoms with Crippen molar-refractivity contribution < 1.29 is 22.8 Å². The summed E-state index contributed by atoms with van der Waals surface area (Å²) in [5.41, 5.74) is 0.437. The first-order chi connectivity index (χ1) is 11.3. The number of benzene rings is 1. The minimum atomic E-state index is -4.00. The third-order valence-electron chi connectivity index (χ3n) is 3.37. The van der Waals surface area contributed by atoms with Crippen LogP contribution >= 0.6 is 0 Å². The van der Waals surface area contributed by atoms with E-state index in [-0.39, 0.29) is 29.3 Å². The fourth-order valence-electron chi connectivity index (χ4n) is 2.11. The molecule has 0 aliphatic heterocycles. The molecule has 0 aliphatic rings. The van der Waals surface area contributed by atoms with Gasteiger partial charge >= 0.3 is 0 Å². The van der Waals surface area contributed by atoms with Gasteiger partial charge in [-0.05, 0) is 25.0 Å². The van der Waals surface area contributed by atoms with Crippen LogP contribution in [-0.4, -0.2) is 25.9 Å². The third-order valence-corrected chi connectivity index (χ3v) is 4.76. The molecule has 1 aromatic carbocycles.